The molecule has 2 aromatic heterocycles. The molecule has 35 heavy (non-hydrogen) atoms. The second-order valence-electron chi connectivity index (χ2n) is 8.38. The highest BCUT2D eigenvalue weighted by Gasteiger charge is 2.38. The van der Waals surface area contributed by atoms with E-state index in [9.17, 15) is 13.9 Å². The summed E-state index contributed by atoms with van der Waals surface area (Å²) in [5.74, 6) is -0.614. The molecule has 3 atom stereocenters. The fraction of sp³-hybridized carbons (Fsp3) is 0.333. The number of hydrogen-bond acceptors (Lipinski definition) is 8. The summed E-state index contributed by atoms with van der Waals surface area (Å²) in [4.78, 5) is 16.6. The molecule has 4 rings (SSSR count). The normalized spacial score (nSPS) is 17.6. The monoisotopic (exact) mass is 478 g/mol. The molecule has 11 heteroatoms. The van der Waals surface area contributed by atoms with Gasteiger partial charge < -0.3 is 10.4 Å². The number of aliphatic imine (C=N–C) groups is 2. The number of nitrogens with zero attached hydrogens (tertiary/aromatic N) is 6. The van der Waals surface area contributed by atoms with Gasteiger partial charge in [-0.1, -0.05) is 6.07 Å². The maximum absolute atomic E-state index is 14.7. The molecule has 180 valence electrons. The highest BCUT2D eigenvalue weighted by atomic mass is 19.1. The Morgan fingerprint density at radius 1 is 1.31 bits per heavy atom. The molecule has 0 aliphatic carbocycles. The number of H-pyrrole nitrogens is 1. The van der Waals surface area contributed by atoms with Crippen LogP contribution in [0.25, 0.3) is 11.4 Å². The molecule has 9 nitrogen and oxygen atoms in total. The molecule has 1 aromatic carbocycles. The van der Waals surface area contributed by atoms with Crippen LogP contribution in [0.4, 0.5) is 8.78 Å². The molecule has 3 aromatic rings. The van der Waals surface area contributed by atoms with Crippen LogP contribution in [0.15, 0.2) is 46.5 Å². The number of benzene rings is 1. The molecule has 0 saturated carbocycles. The van der Waals surface area contributed by atoms with E-state index in [0.717, 1.165) is 12.1 Å². The average Bonchev–Trinajstić information content (AvgIpc) is 3.35. The molecule has 0 spiro atoms. The first-order valence-corrected chi connectivity index (χ1v) is 11.1. The lowest BCUT2D eigenvalue weighted by atomic mass is 9.80. The van der Waals surface area contributed by atoms with Crippen molar-refractivity contribution >= 4 is 12.6 Å². The third-order valence-electron chi connectivity index (χ3n) is 6.04. The highest BCUT2D eigenvalue weighted by molar-refractivity contribution is 5.76. The molecule has 0 bridgehead atoms. The van der Waals surface area contributed by atoms with Crippen molar-refractivity contribution in [2.24, 2.45) is 15.9 Å². The lowest BCUT2D eigenvalue weighted by Gasteiger charge is -2.36. The summed E-state index contributed by atoms with van der Waals surface area (Å²) in [7, 11) is 0. The molecule has 1 aliphatic heterocycles. The summed E-state index contributed by atoms with van der Waals surface area (Å²) in [5.41, 5.74) is -0.691. The predicted molar refractivity (Wildman–Crippen MR) is 125 cm³/mol. The zero-order chi connectivity index (χ0) is 24.8. The van der Waals surface area contributed by atoms with Crippen LogP contribution in [0.1, 0.15) is 36.8 Å². The van der Waals surface area contributed by atoms with Crippen LogP contribution in [0, 0.1) is 28.9 Å². The molecule has 1 unspecified atom stereocenters. The van der Waals surface area contributed by atoms with E-state index in [2.05, 4.69) is 35.5 Å². The van der Waals surface area contributed by atoms with Crippen LogP contribution in [-0.2, 0) is 12.1 Å². The number of nitriles is 1. The van der Waals surface area contributed by atoms with Gasteiger partial charge in [-0.3, -0.25) is 10.1 Å². The number of hydrogen-bond donors (Lipinski definition) is 3. The van der Waals surface area contributed by atoms with Crippen LogP contribution >= 0.6 is 0 Å². The van der Waals surface area contributed by atoms with E-state index in [-0.39, 0.29) is 24.4 Å². The van der Waals surface area contributed by atoms with E-state index in [1.165, 1.54) is 18.6 Å². The van der Waals surface area contributed by atoms with Gasteiger partial charge in [-0.25, -0.2) is 23.7 Å². The van der Waals surface area contributed by atoms with Crippen LogP contribution < -0.4 is 5.32 Å². The van der Waals surface area contributed by atoms with Crippen molar-refractivity contribution in [2.45, 2.75) is 38.0 Å². The van der Waals surface area contributed by atoms with Crippen molar-refractivity contribution < 1.29 is 13.9 Å². The minimum atomic E-state index is -1.63. The van der Waals surface area contributed by atoms with E-state index in [1.54, 1.807) is 25.3 Å². The third kappa shape index (κ3) is 5.62. The van der Waals surface area contributed by atoms with Gasteiger partial charge in [-0.05, 0) is 38.0 Å². The number of aromatic nitrogens is 4. The SMILES string of the molecule is C[C@@H](NCc1nc(-c2ccc(C#N)nc2)n[nH]1)[C@](O)(CCC1C=NC=NC1)c1ccc(F)cc1F. The lowest BCUT2D eigenvalue weighted by Crippen LogP contribution is -2.47. The van der Waals surface area contributed by atoms with Crippen molar-refractivity contribution in [3.63, 3.8) is 0 Å². The van der Waals surface area contributed by atoms with E-state index in [0.29, 0.717) is 35.9 Å². The quantitative estimate of drug-likeness (QED) is 0.433. The summed E-state index contributed by atoms with van der Waals surface area (Å²) < 4.78 is 28.3. The highest BCUT2D eigenvalue weighted by Crippen LogP contribution is 2.34. The standard InChI is InChI=1S/C24H24F2N8O/c1-15(30-13-22-32-23(34-33-22)17-2-4-19(9-27)31-12-17)24(35,7-6-16-10-28-14-29-11-16)20-5-3-18(25)8-21(20)26/h2-5,8,10,12,14-16,30,35H,6-7,11,13H2,1H3,(H,32,33,34)/t15-,16?,24-/m1/s1. The van der Waals surface area contributed by atoms with Crippen molar-refractivity contribution in [1.82, 2.24) is 25.5 Å². The van der Waals surface area contributed by atoms with Crippen LogP contribution in [0.2, 0.25) is 0 Å². The Balaban J connectivity index is 1.49. The summed E-state index contributed by atoms with van der Waals surface area (Å²) >= 11 is 0. The van der Waals surface area contributed by atoms with Gasteiger partial charge in [0.25, 0.3) is 0 Å². The van der Waals surface area contributed by atoms with E-state index in [4.69, 9.17) is 5.26 Å². The van der Waals surface area contributed by atoms with Gasteiger partial charge in [-0.15, -0.1) is 0 Å². The molecule has 0 fully saturated rings. The first-order chi connectivity index (χ1) is 16.9. The summed E-state index contributed by atoms with van der Waals surface area (Å²) in [6.45, 7) is 2.48. The Morgan fingerprint density at radius 2 is 2.17 bits per heavy atom. The number of nitrogens with one attached hydrogen (secondary N) is 2. The third-order valence-corrected chi connectivity index (χ3v) is 6.04. The Morgan fingerprint density at radius 3 is 2.86 bits per heavy atom. The van der Waals surface area contributed by atoms with Crippen LogP contribution in [-0.4, -0.2) is 50.4 Å². The van der Waals surface area contributed by atoms with E-state index >= 15 is 0 Å². The summed E-state index contributed by atoms with van der Waals surface area (Å²) in [6, 6.07) is 7.78. The predicted octanol–water partition coefficient (Wildman–Crippen LogP) is 2.89. The van der Waals surface area contributed by atoms with Gasteiger partial charge in [-0.2, -0.15) is 10.4 Å². The van der Waals surface area contributed by atoms with Crippen LogP contribution in [0.5, 0.6) is 0 Å². The fourth-order valence-electron chi connectivity index (χ4n) is 3.95. The topological polar surface area (TPSA) is 135 Å². The number of rotatable bonds is 9. The second-order valence-corrected chi connectivity index (χ2v) is 8.38. The van der Waals surface area contributed by atoms with Crippen molar-refractivity contribution in [3.8, 4) is 17.5 Å². The van der Waals surface area contributed by atoms with Gasteiger partial charge in [0.15, 0.2) is 5.82 Å². The first kappa shape index (κ1) is 24.3. The molecule has 3 heterocycles. The maximum Gasteiger partial charge on any atom is 0.182 e. The average molecular weight is 479 g/mol. The maximum atomic E-state index is 14.7. The van der Waals surface area contributed by atoms with Gasteiger partial charge >= 0.3 is 0 Å². The second kappa shape index (κ2) is 10.6. The minimum absolute atomic E-state index is 0.0112. The molecule has 3 N–H and O–H groups in total. The minimum Gasteiger partial charge on any atom is -0.383 e. The zero-order valence-corrected chi connectivity index (χ0v) is 19.0. The molecule has 1 aliphatic rings. The van der Waals surface area contributed by atoms with Crippen molar-refractivity contribution in [3.05, 3.63) is 65.2 Å². The fourth-order valence-corrected chi connectivity index (χ4v) is 3.95. The smallest absolute Gasteiger partial charge is 0.182 e. The number of halogens is 2. The van der Waals surface area contributed by atoms with Crippen molar-refractivity contribution in [1.29, 1.82) is 5.26 Å². The van der Waals surface area contributed by atoms with Gasteiger partial charge in [0.1, 0.15) is 41.2 Å². The van der Waals surface area contributed by atoms with Gasteiger partial charge in [0, 0.05) is 48.1 Å². The lowest BCUT2D eigenvalue weighted by molar-refractivity contribution is -0.0131. The summed E-state index contributed by atoms with van der Waals surface area (Å²) in [6.07, 6.45) is 5.47. The van der Waals surface area contributed by atoms with E-state index in [1.807, 2.05) is 6.07 Å². The number of pyridine rings is 1. The Kier molecular flexibility index (Phi) is 7.33. The molecular formula is C24H24F2N8O. The number of aliphatic hydroxyl groups is 1. The zero-order valence-electron chi connectivity index (χ0n) is 19.0. The van der Waals surface area contributed by atoms with Crippen molar-refractivity contribution in [2.75, 3.05) is 6.54 Å². The van der Waals surface area contributed by atoms with Crippen LogP contribution in [0.3, 0.4) is 0 Å². The Bertz CT molecular complexity index is 1270. The number of aromatic amines is 1. The van der Waals surface area contributed by atoms with Gasteiger partial charge in [0.05, 0.1) is 6.54 Å². The molecule has 0 amide bonds. The first-order valence-electron chi connectivity index (χ1n) is 11.1. The van der Waals surface area contributed by atoms with E-state index < -0.39 is 23.3 Å². The largest absolute Gasteiger partial charge is 0.383 e. The molecule has 0 radical (unpaired) electrons. The Hall–Kier alpha value is -3.88. The molecule has 0 saturated heterocycles. The molecular weight excluding hydrogens is 454 g/mol. The Labute approximate surface area is 200 Å². The summed E-state index contributed by atoms with van der Waals surface area (Å²) in [5, 5.41) is 30.7. The van der Waals surface area contributed by atoms with Gasteiger partial charge in [0.2, 0.25) is 0 Å².